The summed E-state index contributed by atoms with van der Waals surface area (Å²) in [6, 6.07) is 9.79. The van der Waals surface area contributed by atoms with Crippen LogP contribution in [0.5, 0.6) is 0 Å². The Morgan fingerprint density at radius 1 is 0.808 bits per heavy atom. The molecule has 2 aromatic carbocycles. The maximum Gasteiger partial charge on any atom is 0.0433 e. The van der Waals surface area contributed by atoms with Crippen molar-refractivity contribution in [1.82, 2.24) is 5.32 Å². The Bertz CT molecular complexity index is 846. The van der Waals surface area contributed by atoms with Gasteiger partial charge in [-0.1, -0.05) is 18.2 Å². The van der Waals surface area contributed by atoms with E-state index in [1.807, 2.05) is 0 Å². The fourth-order valence-electron chi connectivity index (χ4n) is 3.90. The quantitative estimate of drug-likeness (QED) is 0.697. The molecule has 0 amide bonds. The SMILES string of the molecule is CC1=NCCc2cc(C)c(C)cc21.Cc1cc2c(cc1C)C(C)NCC2. The molecule has 0 saturated heterocycles. The number of hydrogen-bond acceptors (Lipinski definition) is 2. The van der Waals surface area contributed by atoms with Crippen molar-refractivity contribution in [3.05, 3.63) is 68.8 Å². The molecule has 1 N–H and O–H groups in total. The van der Waals surface area contributed by atoms with Gasteiger partial charge in [-0.3, -0.25) is 4.99 Å². The number of aryl methyl sites for hydroxylation is 4. The predicted octanol–water partition coefficient (Wildman–Crippen LogP) is 5.18. The normalized spacial score (nSPS) is 18.2. The second-order valence-corrected chi connectivity index (χ2v) is 7.87. The Hall–Kier alpha value is -1.93. The number of benzene rings is 2. The van der Waals surface area contributed by atoms with Gasteiger partial charge in [0.15, 0.2) is 0 Å². The largest absolute Gasteiger partial charge is 0.310 e. The zero-order valence-corrected chi connectivity index (χ0v) is 17.2. The Morgan fingerprint density at radius 3 is 2.15 bits per heavy atom. The van der Waals surface area contributed by atoms with E-state index in [0.717, 1.165) is 19.5 Å². The first-order valence-corrected chi connectivity index (χ1v) is 9.81. The average Bonchev–Trinajstić information content (AvgIpc) is 2.60. The van der Waals surface area contributed by atoms with Gasteiger partial charge >= 0.3 is 0 Å². The van der Waals surface area contributed by atoms with Gasteiger partial charge in [0.1, 0.15) is 0 Å². The van der Waals surface area contributed by atoms with Gasteiger partial charge in [-0.25, -0.2) is 0 Å². The molecule has 2 aliphatic rings. The first-order chi connectivity index (χ1) is 12.4. The van der Waals surface area contributed by atoms with E-state index in [2.05, 4.69) is 76.1 Å². The van der Waals surface area contributed by atoms with Gasteiger partial charge in [-0.05, 0) is 112 Å². The fourth-order valence-corrected chi connectivity index (χ4v) is 3.90. The van der Waals surface area contributed by atoms with Crippen molar-refractivity contribution >= 4 is 5.71 Å². The van der Waals surface area contributed by atoms with Crippen LogP contribution in [0, 0.1) is 27.7 Å². The van der Waals surface area contributed by atoms with Crippen LogP contribution in [0.3, 0.4) is 0 Å². The van der Waals surface area contributed by atoms with Crippen LogP contribution in [0.25, 0.3) is 0 Å². The molecule has 0 aromatic heterocycles. The van der Waals surface area contributed by atoms with Crippen molar-refractivity contribution in [3.63, 3.8) is 0 Å². The molecule has 2 aliphatic heterocycles. The lowest BCUT2D eigenvalue weighted by Crippen LogP contribution is -2.27. The molecule has 26 heavy (non-hydrogen) atoms. The van der Waals surface area contributed by atoms with Gasteiger partial charge in [0.05, 0.1) is 0 Å². The number of nitrogens with zero attached hydrogens (tertiary/aromatic N) is 1. The maximum absolute atomic E-state index is 4.46. The molecule has 0 fully saturated rings. The van der Waals surface area contributed by atoms with Crippen LogP contribution in [-0.4, -0.2) is 18.8 Å². The highest BCUT2D eigenvalue weighted by Gasteiger charge is 2.16. The van der Waals surface area contributed by atoms with Crippen LogP contribution in [0.15, 0.2) is 29.3 Å². The molecule has 138 valence electrons. The molecule has 0 spiro atoms. The van der Waals surface area contributed by atoms with Gasteiger partial charge < -0.3 is 5.32 Å². The molecule has 1 unspecified atom stereocenters. The molecule has 0 bridgehead atoms. The van der Waals surface area contributed by atoms with Gasteiger partial charge in [-0.15, -0.1) is 0 Å². The Kier molecular flexibility index (Phi) is 5.62. The van der Waals surface area contributed by atoms with E-state index in [1.54, 1.807) is 0 Å². The third kappa shape index (κ3) is 3.91. The molecule has 2 nitrogen and oxygen atoms in total. The number of nitrogens with one attached hydrogen (secondary N) is 1. The molecule has 0 radical (unpaired) electrons. The minimum Gasteiger partial charge on any atom is -0.310 e. The van der Waals surface area contributed by atoms with Crippen LogP contribution < -0.4 is 5.32 Å². The summed E-state index contributed by atoms with van der Waals surface area (Å²) in [5, 5.41) is 3.48. The summed E-state index contributed by atoms with van der Waals surface area (Å²) < 4.78 is 0. The molecular weight excluding hydrogens is 316 g/mol. The van der Waals surface area contributed by atoms with Crippen LogP contribution in [0.4, 0.5) is 0 Å². The van der Waals surface area contributed by atoms with E-state index in [0.29, 0.717) is 6.04 Å². The molecular formula is C24H32N2. The highest BCUT2D eigenvalue weighted by Crippen LogP contribution is 2.25. The van der Waals surface area contributed by atoms with E-state index in [4.69, 9.17) is 0 Å². The molecule has 4 rings (SSSR count). The van der Waals surface area contributed by atoms with Crippen molar-refractivity contribution in [2.45, 2.75) is 60.4 Å². The predicted molar refractivity (Wildman–Crippen MR) is 113 cm³/mol. The fraction of sp³-hybridized carbons (Fsp3) is 0.458. The van der Waals surface area contributed by atoms with Gasteiger partial charge in [0.25, 0.3) is 0 Å². The van der Waals surface area contributed by atoms with Gasteiger partial charge in [0, 0.05) is 18.3 Å². The molecule has 0 aliphatic carbocycles. The van der Waals surface area contributed by atoms with Crippen LogP contribution in [-0.2, 0) is 12.8 Å². The second kappa shape index (κ2) is 7.75. The summed E-state index contributed by atoms with van der Waals surface area (Å²) in [6.45, 7) is 15.2. The second-order valence-electron chi connectivity index (χ2n) is 7.87. The van der Waals surface area contributed by atoms with Crippen molar-refractivity contribution in [2.75, 3.05) is 13.1 Å². The Morgan fingerprint density at radius 2 is 1.42 bits per heavy atom. The maximum atomic E-state index is 4.46. The number of rotatable bonds is 0. The zero-order chi connectivity index (χ0) is 18.8. The van der Waals surface area contributed by atoms with E-state index in [9.17, 15) is 0 Å². The van der Waals surface area contributed by atoms with Gasteiger partial charge in [0.2, 0.25) is 0 Å². The summed E-state index contributed by atoms with van der Waals surface area (Å²) in [7, 11) is 0. The van der Waals surface area contributed by atoms with E-state index in [-0.39, 0.29) is 0 Å². The lowest BCUT2D eigenvalue weighted by Gasteiger charge is -2.25. The van der Waals surface area contributed by atoms with Crippen molar-refractivity contribution < 1.29 is 0 Å². The summed E-state index contributed by atoms with van der Waals surface area (Å²) >= 11 is 0. The summed E-state index contributed by atoms with van der Waals surface area (Å²) in [6.07, 6.45) is 2.29. The minimum atomic E-state index is 0.531. The highest BCUT2D eigenvalue weighted by molar-refractivity contribution is 6.01. The third-order valence-corrected chi connectivity index (χ3v) is 5.91. The van der Waals surface area contributed by atoms with Crippen molar-refractivity contribution in [3.8, 4) is 0 Å². The topological polar surface area (TPSA) is 24.4 Å². The highest BCUT2D eigenvalue weighted by atomic mass is 14.9. The lowest BCUT2D eigenvalue weighted by molar-refractivity contribution is 0.540. The molecule has 1 atom stereocenters. The van der Waals surface area contributed by atoms with Crippen LogP contribution in [0.1, 0.15) is 64.4 Å². The summed E-state index contributed by atoms with van der Waals surface area (Å²) in [5.41, 5.74) is 12.7. The summed E-state index contributed by atoms with van der Waals surface area (Å²) in [5.74, 6) is 0. The summed E-state index contributed by atoms with van der Waals surface area (Å²) in [4.78, 5) is 4.46. The molecule has 2 aromatic rings. The molecule has 2 heterocycles. The monoisotopic (exact) mass is 348 g/mol. The first kappa shape index (κ1) is 18.8. The Balaban J connectivity index is 0.000000151. The number of aliphatic imine (C=N–C) groups is 1. The first-order valence-electron chi connectivity index (χ1n) is 9.81. The van der Waals surface area contributed by atoms with Gasteiger partial charge in [-0.2, -0.15) is 0 Å². The van der Waals surface area contributed by atoms with E-state index in [1.165, 1.54) is 56.6 Å². The third-order valence-electron chi connectivity index (χ3n) is 5.91. The average molecular weight is 349 g/mol. The van der Waals surface area contributed by atoms with Crippen molar-refractivity contribution in [2.24, 2.45) is 4.99 Å². The smallest absolute Gasteiger partial charge is 0.0433 e. The lowest BCUT2D eigenvalue weighted by atomic mass is 9.91. The van der Waals surface area contributed by atoms with Crippen molar-refractivity contribution in [1.29, 1.82) is 0 Å². The minimum absolute atomic E-state index is 0.531. The number of fused-ring (bicyclic) bond motifs is 2. The molecule has 0 saturated carbocycles. The van der Waals surface area contributed by atoms with E-state index >= 15 is 0 Å². The standard InChI is InChI=1S/C12H17N.C12H15N/c2*1-8-6-11-4-5-13-10(3)12(11)7-9(8)2/h6-7,10,13H,4-5H2,1-3H3;6-7H,4-5H2,1-3H3. The number of hydrogen-bond donors (Lipinski definition) is 1. The Labute approximate surface area is 158 Å². The van der Waals surface area contributed by atoms with Crippen LogP contribution >= 0.6 is 0 Å². The van der Waals surface area contributed by atoms with Crippen LogP contribution in [0.2, 0.25) is 0 Å². The zero-order valence-electron chi connectivity index (χ0n) is 17.2. The molecule has 2 heteroatoms. The van der Waals surface area contributed by atoms with E-state index < -0.39 is 0 Å².